The van der Waals surface area contributed by atoms with Gasteiger partial charge in [-0.2, -0.15) is 0 Å². The summed E-state index contributed by atoms with van der Waals surface area (Å²) in [6.07, 6.45) is 1.77. The summed E-state index contributed by atoms with van der Waals surface area (Å²) in [6, 6.07) is 15.0. The molecular formula is C22H22N4O5. The maximum atomic E-state index is 12.2. The highest BCUT2D eigenvalue weighted by atomic mass is 16.6. The molecule has 1 heterocycles. The number of nitrogens with zero attached hydrogens (tertiary/aromatic N) is 3. The van der Waals surface area contributed by atoms with E-state index in [4.69, 9.17) is 4.74 Å². The summed E-state index contributed by atoms with van der Waals surface area (Å²) in [6.45, 7) is 1.84. The second-order valence-corrected chi connectivity index (χ2v) is 6.94. The molecule has 0 spiro atoms. The van der Waals surface area contributed by atoms with E-state index in [2.05, 4.69) is 10.3 Å². The molecule has 3 aromatic rings. The van der Waals surface area contributed by atoms with Crippen LogP contribution >= 0.6 is 0 Å². The van der Waals surface area contributed by atoms with Crippen LogP contribution in [0.1, 0.15) is 18.2 Å². The highest BCUT2D eigenvalue weighted by Crippen LogP contribution is 2.27. The lowest BCUT2D eigenvalue weighted by Crippen LogP contribution is -2.42. The molecule has 2 aromatic carbocycles. The molecule has 1 N–H and O–H groups in total. The van der Waals surface area contributed by atoms with E-state index < -0.39 is 16.9 Å². The second-order valence-electron chi connectivity index (χ2n) is 6.94. The number of methoxy groups -OCH3 is 1. The Kier molecular flexibility index (Phi) is 6.76. The normalized spacial score (nSPS) is 11.5. The van der Waals surface area contributed by atoms with Crippen LogP contribution in [0.15, 0.2) is 60.9 Å². The second kappa shape index (κ2) is 9.66. The van der Waals surface area contributed by atoms with Crippen molar-refractivity contribution in [2.24, 2.45) is 0 Å². The van der Waals surface area contributed by atoms with E-state index >= 15 is 0 Å². The number of hydrogen-bond donors (Lipinski definition) is 1. The molecule has 3 rings (SSSR count). The summed E-state index contributed by atoms with van der Waals surface area (Å²) in [5.74, 6) is -0.946. The summed E-state index contributed by atoms with van der Waals surface area (Å²) in [5.41, 5.74) is 3.00. The molecule has 0 aliphatic heterocycles. The molecule has 160 valence electrons. The third-order valence-electron chi connectivity index (χ3n) is 4.72. The van der Waals surface area contributed by atoms with Gasteiger partial charge in [0.25, 0.3) is 5.69 Å². The number of carbonyl (C=O) groups is 2. The Bertz CT molecular complexity index is 1080. The van der Waals surface area contributed by atoms with Gasteiger partial charge < -0.3 is 14.6 Å². The molecule has 0 aliphatic carbocycles. The topological polar surface area (TPSA) is 116 Å². The molecule has 0 unspecified atom stereocenters. The Morgan fingerprint density at radius 1 is 1.16 bits per heavy atom. The molecule has 0 saturated carbocycles. The average Bonchev–Trinajstić information content (AvgIpc) is 3.15. The molecule has 0 fully saturated rings. The van der Waals surface area contributed by atoms with Gasteiger partial charge in [-0.25, -0.2) is 9.78 Å². The van der Waals surface area contributed by atoms with Gasteiger partial charge in [0, 0.05) is 37.6 Å². The van der Waals surface area contributed by atoms with Gasteiger partial charge in [-0.05, 0) is 17.7 Å². The number of nitro benzene ring substituents is 1. The maximum absolute atomic E-state index is 12.2. The van der Waals surface area contributed by atoms with Crippen molar-refractivity contribution in [2.45, 2.75) is 25.9 Å². The van der Waals surface area contributed by atoms with Crippen LogP contribution in [0, 0.1) is 10.1 Å². The largest absolute Gasteiger partial charge is 0.467 e. The van der Waals surface area contributed by atoms with Crippen LogP contribution < -0.4 is 5.32 Å². The number of aromatic nitrogens is 2. The van der Waals surface area contributed by atoms with Gasteiger partial charge in [-0.3, -0.25) is 14.9 Å². The van der Waals surface area contributed by atoms with Crippen molar-refractivity contribution in [1.82, 2.24) is 14.9 Å². The van der Waals surface area contributed by atoms with Gasteiger partial charge in [0.2, 0.25) is 5.91 Å². The van der Waals surface area contributed by atoms with Crippen molar-refractivity contribution in [2.75, 3.05) is 7.11 Å². The first kappa shape index (κ1) is 21.7. The highest BCUT2D eigenvalue weighted by Gasteiger charge is 2.25. The fraction of sp³-hybridized carbons (Fsp3) is 0.227. The van der Waals surface area contributed by atoms with Crippen molar-refractivity contribution in [3.8, 4) is 11.3 Å². The smallest absolute Gasteiger partial charge is 0.328 e. The van der Waals surface area contributed by atoms with Crippen molar-refractivity contribution < 1.29 is 19.2 Å². The number of esters is 1. The molecule has 9 nitrogen and oxygen atoms in total. The lowest BCUT2D eigenvalue weighted by atomic mass is 10.0. The van der Waals surface area contributed by atoms with E-state index in [1.165, 1.54) is 26.2 Å². The van der Waals surface area contributed by atoms with E-state index in [1.807, 2.05) is 34.9 Å². The van der Waals surface area contributed by atoms with Crippen LogP contribution in [0.5, 0.6) is 0 Å². The number of imidazole rings is 1. The first-order valence-corrected chi connectivity index (χ1v) is 9.56. The van der Waals surface area contributed by atoms with Gasteiger partial charge >= 0.3 is 5.97 Å². The van der Waals surface area contributed by atoms with Crippen LogP contribution in [-0.2, 0) is 27.3 Å². The van der Waals surface area contributed by atoms with Gasteiger partial charge in [0.15, 0.2) is 0 Å². The van der Waals surface area contributed by atoms with Gasteiger partial charge in [-0.1, -0.05) is 30.3 Å². The first-order chi connectivity index (χ1) is 14.9. The lowest BCUT2D eigenvalue weighted by Gasteiger charge is -2.16. The fourth-order valence-corrected chi connectivity index (χ4v) is 3.32. The van der Waals surface area contributed by atoms with E-state index in [1.54, 1.807) is 18.5 Å². The molecule has 9 heteroatoms. The zero-order chi connectivity index (χ0) is 22.4. The predicted octanol–water partition coefficient (Wildman–Crippen LogP) is 2.73. The van der Waals surface area contributed by atoms with E-state index in [9.17, 15) is 19.7 Å². The number of nitro groups is 1. The Labute approximate surface area is 178 Å². The molecule has 0 aliphatic rings. The molecule has 0 bridgehead atoms. The Morgan fingerprint density at radius 3 is 2.42 bits per heavy atom. The predicted molar refractivity (Wildman–Crippen MR) is 113 cm³/mol. The summed E-state index contributed by atoms with van der Waals surface area (Å²) in [4.78, 5) is 38.8. The summed E-state index contributed by atoms with van der Waals surface area (Å²) in [7, 11) is 1.25. The molecular weight excluding hydrogens is 400 g/mol. The van der Waals surface area contributed by atoms with Crippen LogP contribution in [0.25, 0.3) is 11.3 Å². The summed E-state index contributed by atoms with van der Waals surface area (Å²) < 4.78 is 6.72. The van der Waals surface area contributed by atoms with Crippen LogP contribution in [0.4, 0.5) is 5.69 Å². The number of hydrogen-bond acceptors (Lipinski definition) is 6. The minimum atomic E-state index is -0.903. The number of benzene rings is 2. The number of ether oxygens (including phenoxy) is 1. The number of amides is 1. The average molecular weight is 422 g/mol. The van der Waals surface area contributed by atoms with Crippen LogP contribution in [0.3, 0.4) is 0 Å². The fourth-order valence-electron chi connectivity index (χ4n) is 3.32. The Hall–Kier alpha value is -4.01. The number of carbonyl (C=O) groups excluding carboxylic acids is 2. The zero-order valence-corrected chi connectivity index (χ0v) is 17.1. The van der Waals surface area contributed by atoms with Crippen LogP contribution in [0.2, 0.25) is 0 Å². The number of rotatable bonds is 8. The van der Waals surface area contributed by atoms with E-state index in [-0.39, 0.29) is 18.0 Å². The highest BCUT2D eigenvalue weighted by molar-refractivity contribution is 5.83. The number of nitrogens with one attached hydrogen (secondary N) is 1. The molecule has 1 atom stereocenters. The molecule has 0 saturated heterocycles. The number of non-ortho nitro benzene ring substituents is 1. The minimum absolute atomic E-state index is 0.0230. The SMILES string of the molecule is COC(=O)[C@H](Cc1ncn(Cc2ccccc2)c1-c1ccc([N+](=O)[O-])cc1)NC(C)=O. The van der Waals surface area contributed by atoms with Crippen molar-refractivity contribution >= 4 is 17.6 Å². The quantitative estimate of drug-likeness (QED) is 0.339. The standard InChI is InChI=1S/C22H22N4O5/c1-15(27)24-20(22(28)31-2)12-19-21(17-8-10-18(11-9-17)26(29)30)25(14-23-19)13-16-6-4-3-5-7-16/h3-11,14,20H,12-13H2,1-2H3,(H,24,27)/t20-/m0/s1. The Morgan fingerprint density at radius 2 is 1.84 bits per heavy atom. The van der Waals surface area contributed by atoms with Gasteiger partial charge in [0.1, 0.15) is 6.04 Å². The Balaban J connectivity index is 2.03. The maximum Gasteiger partial charge on any atom is 0.328 e. The molecule has 0 radical (unpaired) electrons. The third kappa shape index (κ3) is 5.33. The summed E-state index contributed by atoms with van der Waals surface area (Å²) >= 11 is 0. The zero-order valence-electron chi connectivity index (χ0n) is 17.1. The third-order valence-corrected chi connectivity index (χ3v) is 4.72. The minimum Gasteiger partial charge on any atom is -0.467 e. The van der Waals surface area contributed by atoms with Gasteiger partial charge in [0.05, 0.1) is 29.7 Å². The molecule has 31 heavy (non-hydrogen) atoms. The summed E-state index contributed by atoms with van der Waals surface area (Å²) in [5, 5.41) is 13.6. The van der Waals surface area contributed by atoms with Crippen molar-refractivity contribution in [3.05, 3.63) is 82.3 Å². The van der Waals surface area contributed by atoms with E-state index in [0.29, 0.717) is 23.5 Å². The van der Waals surface area contributed by atoms with Crippen molar-refractivity contribution in [3.63, 3.8) is 0 Å². The van der Waals surface area contributed by atoms with Gasteiger partial charge in [-0.15, -0.1) is 0 Å². The molecule has 1 amide bonds. The van der Waals surface area contributed by atoms with Crippen molar-refractivity contribution in [1.29, 1.82) is 0 Å². The first-order valence-electron chi connectivity index (χ1n) is 9.56. The van der Waals surface area contributed by atoms with E-state index in [0.717, 1.165) is 5.56 Å². The van der Waals surface area contributed by atoms with Crippen LogP contribution in [-0.4, -0.2) is 39.5 Å². The molecule has 1 aromatic heterocycles. The monoisotopic (exact) mass is 422 g/mol. The lowest BCUT2D eigenvalue weighted by molar-refractivity contribution is -0.384.